The number of hydrogen-bond acceptors (Lipinski definition) is 4. The summed E-state index contributed by atoms with van der Waals surface area (Å²) in [7, 11) is 1.76. The van der Waals surface area contributed by atoms with Gasteiger partial charge in [0.25, 0.3) is 0 Å². The third-order valence-electron chi connectivity index (χ3n) is 4.19. The fourth-order valence-corrected chi connectivity index (χ4v) is 2.80. The van der Waals surface area contributed by atoms with E-state index in [4.69, 9.17) is 15.2 Å². The fraction of sp³-hybridized carbons (Fsp3) is 1.00. The molecule has 0 aromatic heterocycles. The van der Waals surface area contributed by atoms with E-state index in [0.717, 1.165) is 38.7 Å². The lowest BCUT2D eigenvalue weighted by atomic mass is 10.00. The van der Waals surface area contributed by atoms with Crippen LogP contribution < -0.4 is 5.73 Å². The SMILES string of the molecule is COCCN(C(C)C1CC1)C1COCCC1N. The van der Waals surface area contributed by atoms with Crippen LogP contribution in [0.4, 0.5) is 0 Å². The van der Waals surface area contributed by atoms with Crippen LogP contribution in [0.3, 0.4) is 0 Å². The highest BCUT2D eigenvalue weighted by Gasteiger charge is 2.37. The smallest absolute Gasteiger partial charge is 0.0637 e. The highest BCUT2D eigenvalue weighted by molar-refractivity contribution is 4.92. The standard InChI is InChI=1S/C13H26N2O2/c1-10(11-3-4-11)15(6-8-16-2)13-9-17-7-5-12(13)14/h10-13H,3-9,14H2,1-2H3. The molecule has 3 unspecified atom stereocenters. The molecule has 1 heterocycles. The molecule has 0 aromatic carbocycles. The van der Waals surface area contributed by atoms with Crippen LogP contribution in [0, 0.1) is 5.92 Å². The Balaban J connectivity index is 1.96. The first-order valence-electron chi connectivity index (χ1n) is 6.82. The number of hydrogen-bond donors (Lipinski definition) is 1. The summed E-state index contributed by atoms with van der Waals surface area (Å²) < 4.78 is 10.8. The van der Waals surface area contributed by atoms with E-state index in [1.54, 1.807) is 7.11 Å². The summed E-state index contributed by atoms with van der Waals surface area (Å²) in [5.41, 5.74) is 6.25. The summed E-state index contributed by atoms with van der Waals surface area (Å²) >= 11 is 0. The fourth-order valence-electron chi connectivity index (χ4n) is 2.80. The van der Waals surface area contributed by atoms with Gasteiger partial charge in [0.15, 0.2) is 0 Å². The molecular weight excluding hydrogens is 216 g/mol. The minimum Gasteiger partial charge on any atom is -0.383 e. The maximum absolute atomic E-state index is 6.25. The van der Waals surface area contributed by atoms with Crippen molar-refractivity contribution in [2.24, 2.45) is 11.7 Å². The molecule has 0 spiro atoms. The van der Waals surface area contributed by atoms with Crippen LogP contribution in [0.1, 0.15) is 26.2 Å². The van der Waals surface area contributed by atoms with Gasteiger partial charge in [0, 0.05) is 38.4 Å². The molecule has 1 aliphatic heterocycles. The van der Waals surface area contributed by atoms with Crippen LogP contribution in [-0.2, 0) is 9.47 Å². The second kappa shape index (κ2) is 6.14. The van der Waals surface area contributed by atoms with Gasteiger partial charge in [-0.3, -0.25) is 4.90 Å². The van der Waals surface area contributed by atoms with Gasteiger partial charge in [-0.15, -0.1) is 0 Å². The van der Waals surface area contributed by atoms with Crippen molar-refractivity contribution in [3.05, 3.63) is 0 Å². The van der Waals surface area contributed by atoms with Crippen molar-refractivity contribution in [1.82, 2.24) is 4.90 Å². The van der Waals surface area contributed by atoms with E-state index in [1.165, 1.54) is 12.8 Å². The lowest BCUT2D eigenvalue weighted by Gasteiger charge is -2.41. The van der Waals surface area contributed by atoms with Crippen LogP contribution in [0.25, 0.3) is 0 Å². The maximum Gasteiger partial charge on any atom is 0.0637 e. The minimum absolute atomic E-state index is 0.252. The van der Waals surface area contributed by atoms with Crippen molar-refractivity contribution >= 4 is 0 Å². The molecule has 4 heteroatoms. The molecule has 4 nitrogen and oxygen atoms in total. The third-order valence-corrected chi connectivity index (χ3v) is 4.19. The van der Waals surface area contributed by atoms with Crippen molar-refractivity contribution in [2.45, 2.75) is 44.3 Å². The average molecular weight is 242 g/mol. The van der Waals surface area contributed by atoms with E-state index < -0.39 is 0 Å². The third kappa shape index (κ3) is 3.41. The first kappa shape index (κ1) is 13.3. The normalized spacial score (nSPS) is 31.8. The van der Waals surface area contributed by atoms with Gasteiger partial charge < -0.3 is 15.2 Å². The first-order chi connectivity index (χ1) is 8.24. The van der Waals surface area contributed by atoms with Crippen molar-refractivity contribution in [1.29, 1.82) is 0 Å². The molecule has 100 valence electrons. The van der Waals surface area contributed by atoms with Crippen molar-refractivity contribution in [2.75, 3.05) is 33.5 Å². The molecular formula is C13H26N2O2. The molecule has 2 rings (SSSR count). The zero-order valence-corrected chi connectivity index (χ0v) is 11.1. The second-order valence-corrected chi connectivity index (χ2v) is 5.40. The van der Waals surface area contributed by atoms with Gasteiger partial charge in [-0.1, -0.05) is 0 Å². The maximum atomic E-state index is 6.25. The van der Waals surface area contributed by atoms with Crippen LogP contribution in [0.15, 0.2) is 0 Å². The molecule has 0 amide bonds. The summed E-state index contributed by atoms with van der Waals surface area (Å²) in [5.74, 6) is 0.862. The van der Waals surface area contributed by atoms with E-state index in [9.17, 15) is 0 Å². The Kier molecular flexibility index (Phi) is 4.79. The summed E-state index contributed by atoms with van der Waals surface area (Å²) in [6.45, 7) is 5.67. The minimum atomic E-state index is 0.252. The highest BCUT2D eigenvalue weighted by atomic mass is 16.5. The zero-order chi connectivity index (χ0) is 12.3. The molecule has 0 bridgehead atoms. The summed E-state index contributed by atoms with van der Waals surface area (Å²) in [4.78, 5) is 2.52. The molecule has 0 radical (unpaired) electrons. The quantitative estimate of drug-likeness (QED) is 0.750. The molecule has 3 atom stereocenters. The van der Waals surface area contributed by atoms with E-state index >= 15 is 0 Å². The topological polar surface area (TPSA) is 47.7 Å². The molecule has 0 aromatic rings. The summed E-state index contributed by atoms with van der Waals surface area (Å²) in [6.07, 6.45) is 3.71. The van der Waals surface area contributed by atoms with E-state index in [2.05, 4.69) is 11.8 Å². The lowest BCUT2D eigenvalue weighted by molar-refractivity contribution is -0.0207. The molecule has 1 saturated heterocycles. The van der Waals surface area contributed by atoms with Crippen molar-refractivity contribution in [3.63, 3.8) is 0 Å². The Hall–Kier alpha value is -0.160. The van der Waals surface area contributed by atoms with Crippen LogP contribution in [-0.4, -0.2) is 56.5 Å². The first-order valence-corrected chi connectivity index (χ1v) is 6.82. The van der Waals surface area contributed by atoms with E-state index in [-0.39, 0.29) is 6.04 Å². The number of rotatable bonds is 6. The predicted molar refractivity (Wildman–Crippen MR) is 68.0 cm³/mol. The van der Waals surface area contributed by atoms with Crippen LogP contribution in [0.5, 0.6) is 0 Å². The molecule has 1 saturated carbocycles. The zero-order valence-electron chi connectivity index (χ0n) is 11.1. The van der Waals surface area contributed by atoms with Gasteiger partial charge in [-0.2, -0.15) is 0 Å². The van der Waals surface area contributed by atoms with Crippen molar-refractivity contribution in [3.8, 4) is 0 Å². The number of nitrogens with two attached hydrogens (primary N) is 1. The molecule has 2 aliphatic rings. The van der Waals surface area contributed by atoms with Gasteiger partial charge in [0.2, 0.25) is 0 Å². The van der Waals surface area contributed by atoms with Gasteiger partial charge in [0.1, 0.15) is 0 Å². The Morgan fingerprint density at radius 3 is 2.76 bits per heavy atom. The molecule has 17 heavy (non-hydrogen) atoms. The summed E-state index contributed by atoms with van der Waals surface area (Å²) in [5, 5.41) is 0. The highest BCUT2D eigenvalue weighted by Crippen LogP contribution is 2.36. The number of ether oxygens (including phenoxy) is 2. The molecule has 1 aliphatic carbocycles. The molecule has 2 fully saturated rings. The Morgan fingerprint density at radius 1 is 1.41 bits per heavy atom. The average Bonchev–Trinajstić information content (AvgIpc) is 3.15. The lowest BCUT2D eigenvalue weighted by Crippen LogP contribution is -2.57. The second-order valence-electron chi connectivity index (χ2n) is 5.40. The Bertz CT molecular complexity index is 233. The predicted octanol–water partition coefficient (Wildman–Crippen LogP) is 0.850. The van der Waals surface area contributed by atoms with Gasteiger partial charge in [-0.05, 0) is 32.1 Å². The molecule has 2 N–H and O–H groups in total. The number of methoxy groups -OCH3 is 1. The number of nitrogens with zero attached hydrogens (tertiary/aromatic N) is 1. The van der Waals surface area contributed by atoms with Crippen molar-refractivity contribution < 1.29 is 9.47 Å². The van der Waals surface area contributed by atoms with Gasteiger partial charge >= 0.3 is 0 Å². The van der Waals surface area contributed by atoms with Gasteiger partial charge in [0.05, 0.1) is 13.2 Å². The monoisotopic (exact) mass is 242 g/mol. The Labute approximate surface area is 104 Å². The van der Waals surface area contributed by atoms with Gasteiger partial charge in [-0.25, -0.2) is 0 Å². The van der Waals surface area contributed by atoms with E-state index in [0.29, 0.717) is 12.1 Å². The summed E-state index contributed by atoms with van der Waals surface area (Å²) in [6, 6.07) is 1.24. The largest absolute Gasteiger partial charge is 0.383 e. The van der Waals surface area contributed by atoms with E-state index in [1.807, 2.05) is 0 Å². The van der Waals surface area contributed by atoms with Crippen LogP contribution >= 0.6 is 0 Å². The Morgan fingerprint density at radius 2 is 2.18 bits per heavy atom. The van der Waals surface area contributed by atoms with Crippen LogP contribution in [0.2, 0.25) is 0 Å².